The fourth-order valence-electron chi connectivity index (χ4n) is 2.00. The largest absolute Gasteiger partial charge is 0.480 e. The highest BCUT2D eigenvalue weighted by molar-refractivity contribution is 6.32. The van der Waals surface area contributed by atoms with Crippen LogP contribution in [0.1, 0.15) is 11.7 Å². The highest BCUT2D eigenvalue weighted by Gasteiger charge is 2.26. The van der Waals surface area contributed by atoms with Crippen LogP contribution in [0.25, 0.3) is 0 Å². The third-order valence-corrected chi connectivity index (χ3v) is 3.55. The third kappa shape index (κ3) is 5.49. The molecule has 3 amide bonds. The number of imide groups is 1. The lowest BCUT2D eigenvalue weighted by atomic mass is 10.1. The highest BCUT2D eigenvalue weighted by atomic mass is 35.5. The van der Waals surface area contributed by atoms with Crippen molar-refractivity contribution < 1.29 is 23.9 Å². The van der Waals surface area contributed by atoms with Crippen molar-refractivity contribution in [3.8, 4) is 5.75 Å². The number of carbonyl (C=O) groups is 3. The van der Waals surface area contributed by atoms with Gasteiger partial charge in [-0.25, -0.2) is 9.59 Å². The number of esters is 1. The van der Waals surface area contributed by atoms with Crippen molar-refractivity contribution in [2.75, 3.05) is 13.7 Å². The zero-order valence-corrected chi connectivity index (χ0v) is 14.7. The Morgan fingerprint density at radius 3 is 2.35 bits per heavy atom. The van der Waals surface area contributed by atoms with Gasteiger partial charge in [0.15, 0.2) is 6.61 Å². The van der Waals surface area contributed by atoms with Gasteiger partial charge in [-0.1, -0.05) is 54.1 Å². The Morgan fingerprint density at radius 1 is 1.04 bits per heavy atom. The summed E-state index contributed by atoms with van der Waals surface area (Å²) in [6.07, 6.45) is -1.30. The van der Waals surface area contributed by atoms with Crippen LogP contribution in [0.5, 0.6) is 5.75 Å². The molecule has 0 bridgehead atoms. The summed E-state index contributed by atoms with van der Waals surface area (Å²) in [6, 6.07) is 14.3. The average Bonchev–Trinajstić information content (AvgIpc) is 2.66. The first-order valence-electron chi connectivity index (χ1n) is 7.65. The van der Waals surface area contributed by atoms with Gasteiger partial charge in [0.1, 0.15) is 5.75 Å². The monoisotopic (exact) mass is 376 g/mol. The van der Waals surface area contributed by atoms with E-state index in [0.717, 1.165) is 0 Å². The van der Waals surface area contributed by atoms with Crippen LogP contribution in [-0.4, -0.2) is 31.6 Å². The number of rotatable bonds is 6. The maximum atomic E-state index is 12.3. The van der Waals surface area contributed by atoms with Crippen molar-refractivity contribution in [2.45, 2.75) is 6.10 Å². The van der Waals surface area contributed by atoms with Crippen LogP contribution in [0.3, 0.4) is 0 Å². The molecule has 0 spiro atoms. The molecule has 0 saturated heterocycles. The molecule has 26 heavy (non-hydrogen) atoms. The predicted octanol–water partition coefficient (Wildman–Crippen LogP) is 2.46. The molecular weight excluding hydrogens is 360 g/mol. The van der Waals surface area contributed by atoms with Gasteiger partial charge in [0, 0.05) is 12.6 Å². The van der Waals surface area contributed by atoms with Gasteiger partial charge >= 0.3 is 12.0 Å². The summed E-state index contributed by atoms with van der Waals surface area (Å²) in [6.45, 7) is -0.444. The molecule has 2 aromatic carbocycles. The Morgan fingerprint density at radius 2 is 1.69 bits per heavy atom. The first kappa shape index (κ1) is 19.3. The van der Waals surface area contributed by atoms with Crippen molar-refractivity contribution in [1.82, 2.24) is 10.6 Å². The number of benzene rings is 2. The Bertz CT molecular complexity index is 782. The van der Waals surface area contributed by atoms with Crippen molar-refractivity contribution in [3.05, 3.63) is 65.2 Å². The van der Waals surface area contributed by atoms with E-state index in [1.165, 1.54) is 7.05 Å². The number of ether oxygens (including phenoxy) is 2. The smallest absolute Gasteiger partial charge is 0.345 e. The summed E-state index contributed by atoms with van der Waals surface area (Å²) in [4.78, 5) is 35.7. The van der Waals surface area contributed by atoms with Crippen LogP contribution in [0.2, 0.25) is 5.02 Å². The Balaban J connectivity index is 2.06. The molecule has 0 aromatic heterocycles. The number of hydrogen-bond acceptors (Lipinski definition) is 5. The predicted molar refractivity (Wildman–Crippen MR) is 94.8 cm³/mol. The van der Waals surface area contributed by atoms with E-state index < -0.39 is 30.6 Å². The van der Waals surface area contributed by atoms with Crippen LogP contribution in [0.4, 0.5) is 4.79 Å². The van der Waals surface area contributed by atoms with Crippen LogP contribution in [-0.2, 0) is 14.3 Å². The SMILES string of the molecule is CNC(=O)NC(=O)[C@@H](OC(=O)COc1ccccc1Cl)c1ccccc1. The molecule has 2 N–H and O–H groups in total. The molecule has 0 radical (unpaired) electrons. The topological polar surface area (TPSA) is 93.7 Å². The number of hydrogen-bond donors (Lipinski definition) is 2. The molecule has 0 aliphatic heterocycles. The normalized spacial score (nSPS) is 11.2. The van der Waals surface area contributed by atoms with Gasteiger partial charge in [0.2, 0.25) is 6.10 Å². The standard InChI is InChI=1S/C18H17ClN2O5/c1-20-18(24)21-17(23)16(12-7-3-2-4-8-12)26-15(22)11-25-14-10-6-5-9-13(14)19/h2-10,16H,11H2,1H3,(H2,20,21,23,24)/t16-/m0/s1. The van der Waals surface area contributed by atoms with Crippen molar-refractivity contribution in [2.24, 2.45) is 0 Å². The summed E-state index contributed by atoms with van der Waals surface area (Å²) in [5, 5.41) is 4.69. The zero-order chi connectivity index (χ0) is 18.9. The number of carbonyl (C=O) groups excluding carboxylic acids is 3. The van der Waals surface area contributed by atoms with Gasteiger partial charge in [-0.15, -0.1) is 0 Å². The van der Waals surface area contributed by atoms with E-state index in [-0.39, 0.29) is 0 Å². The molecule has 0 aliphatic carbocycles. The second kappa shape index (κ2) is 9.43. The molecule has 0 saturated carbocycles. The minimum Gasteiger partial charge on any atom is -0.480 e. The van der Waals surface area contributed by atoms with Gasteiger partial charge in [0.05, 0.1) is 5.02 Å². The fourth-order valence-corrected chi connectivity index (χ4v) is 2.19. The summed E-state index contributed by atoms with van der Waals surface area (Å²) in [5.74, 6) is -1.25. The van der Waals surface area contributed by atoms with E-state index in [1.54, 1.807) is 54.6 Å². The molecule has 2 aromatic rings. The zero-order valence-electron chi connectivity index (χ0n) is 13.9. The van der Waals surface area contributed by atoms with Crippen molar-refractivity contribution in [1.29, 1.82) is 0 Å². The van der Waals surface area contributed by atoms with Crippen LogP contribution >= 0.6 is 11.6 Å². The summed E-state index contributed by atoms with van der Waals surface area (Å²) in [5.41, 5.74) is 0.417. The maximum absolute atomic E-state index is 12.3. The first-order chi connectivity index (χ1) is 12.5. The lowest BCUT2D eigenvalue weighted by Crippen LogP contribution is -2.41. The Kier molecular flexibility index (Phi) is 6.99. The molecule has 0 aliphatic rings. The molecule has 8 heteroatoms. The van der Waals surface area contributed by atoms with Crippen molar-refractivity contribution >= 4 is 29.5 Å². The molecule has 136 valence electrons. The minimum absolute atomic E-state index is 0.317. The van der Waals surface area contributed by atoms with E-state index in [9.17, 15) is 14.4 Å². The number of amides is 3. The fraction of sp³-hybridized carbons (Fsp3) is 0.167. The molecule has 7 nitrogen and oxygen atoms in total. The van der Waals surface area contributed by atoms with Gasteiger partial charge in [-0.2, -0.15) is 0 Å². The van der Waals surface area contributed by atoms with Crippen molar-refractivity contribution in [3.63, 3.8) is 0 Å². The third-order valence-electron chi connectivity index (χ3n) is 3.24. The highest BCUT2D eigenvalue weighted by Crippen LogP contribution is 2.23. The maximum Gasteiger partial charge on any atom is 0.345 e. The number of urea groups is 1. The van der Waals surface area contributed by atoms with E-state index in [2.05, 4.69) is 10.6 Å². The number of nitrogens with one attached hydrogen (secondary N) is 2. The molecular formula is C18H17ClN2O5. The van der Waals surface area contributed by atoms with E-state index in [0.29, 0.717) is 16.3 Å². The first-order valence-corrected chi connectivity index (χ1v) is 8.03. The van der Waals surface area contributed by atoms with Crippen LogP contribution in [0.15, 0.2) is 54.6 Å². The molecule has 0 heterocycles. The van der Waals surface area contributed by atoms with E-state index >= 15 is 0 Å². The van der Waals surface area contributed by atoms with Gasteiger partial charge < -0.3 is 14.8 Å². The Hall–Kier alpha value is -3.06. The van der Waals surface area contributed by atoms with Gasteiger partial charge in [-0.05, 0) is 12.1 Å². The summed E-state index contributed by atoms with van der Waals surface area (Å²) in [7, 11) is 1.36. The van der Waals surface area contributed by atoms with Crippen LogP contribution in [0, 0.1) is 0 Å². The lowest BCUT2D eigenvalue weighted by Gasteiger charge is -2.17. The van der Waals surface area contributed by atoms with Gasteiger partial charge in [-0.3, -0.25) is 10.1 Å². The molecule has 0 fully saturated rings. The second-order valence-electron chi connectivity index (χ2n) is 5.07. The van der Waals surface area contributed by atoms with E-state index in [1.807, 2.05) is 0 Å². The molecule has 2 rings (SSSR count). The summed E-state index contributed by atoms with van der Waals surface area (Å²) >= 11 is 5.95. The average molecular weight is 377 g/mol. The lowest BCUT2D eigenvalue weighted by molar-refractivity contribution is -0.158. The minimum atomic E-state index is -1.30. The Labute approximate surface area is 155 Å². The van der Waals surface area contributed by atoms with E-state index in [4.69, 9.17) is 21.1 Å². The summed E-state index contributed by atoms with van der Waals surface area (Å²) < 4.78 is 10.5. The quantitative estimate of drug-likeness (QED) is 0.755. The number of para-hydroxylation sites is 1. The molecule has 1 atom stereocenters. The van der Waals surface area contributed by atoms with Gasteiger partial charge in [0.25, 0.3) is 5.91 Å². The second-order valence-corrected chi connectivity index (χ2v) is 5.48. The number of halogens is 1. The van der Waals surface area contributed by atoms with Crippen LogP contribution < -0.4 is 15.4 Å². The molecule has 0 unspecified atom stereocenters.